The van der Waals surface area contributed by atoms with E-state index in [1.54, 1.807) is 13.8 Å². The molecule has 2 atom stereocenters. The van der Waals surface area contributed by atoms with E-state index >= 15 is 0 Å². The Labute approximate surface area is 102 Å². The minimum absolute atomic E-state index is 0.0553. The van der Waals surface area contributed by atoms with Gasteiger partial charge in [0.1, 0.15) is 0 Å². The van der Waals surface area contributed by atoms with E-state index in [2.05, 4.69) is 4.99 Å². The van der Waals surface area contributed by atoms with Gasteiger partial charge in [0.05, 0.1) is 11.4 Å². The minimum atomic E-state index is -2.76. The predicted octanol–water partition coefficient (Wildman–Crippen LogP) is 2.89. The standard InChI is InChI=1S/C11H18F3N2P/c1-5(2)16-9(11(14)17)7(6-3-4-6)8(15)10(12)13/h5-6,10-11H,3-4,15,17H2,1-2H3. The van der Waals surface area contributed by atoms with Gasteiger partial charge >= 0.3 is 0 Å². The van der Waals surface area contributed by atoms with Gasteiger partial charge < -0.3 is 5.73 Å². The molecule has 0 spiro atoms. The van der Waals surface area contributed by atoms with E-state index in [-0.39, 0.29) is 23.2 Å². The molecule has 0 bridgehead atoms. The first-order valence-corrected chi connectivity index (χ1v) is 6.26. The Hall–Kier alpha value is -0.570. The van der Waals surface area contributed by atoms with Crippen molar-refractivity contribution in [3.63, 3.8) is 0 Å². The van der Waals surface area contributed by atoms with E-state index in [9.17, 15) is 13.2 Å². The van der Waals surface area contributed by atoms with E-state index < -0.39 is 18.0 Å². The lowest BCUT2D eigenvalue weighted by Gasteiger charge is -2.16. The second-order valence-corrected chi connectivity index (χ2v) is 5.04. The van der Waals surface area contributed by atoms with Gasteiger partial charge in [0.15, 0.2) is 5.91 Å². The maximum atomic E-state index is 13.5. The number of nitrogens with two attached hydrogens (primary N) is 1. The van der Waals surface area contributed by atoms with Gasteiger partial charge in [-0.25, -0.2) is 13.2 Å². The summed E-state index contributed by atoms with van der Waals surface area (Å²) in [6, 6.07) is -0.150. The SMILES string of the molecule is CC(C)N=C(C(=C(N)C(F)F)C1CC1)C(F)P. The molecule has 1 fully saturated rings. The van der Waals surface area contributed by atoms with E-state index in [1.807, 2.05) is 9.24 Å². The van der Waals surface area contributed by atoms with Crippen LogP contribution in [0, 0.1) is 5.92 Å². The van der Waals surface area contributed by atoms with Gasteiger partial charge in [-0.2, -0.15) is 0 Å². The van der Waals surface area contributed by atoms with Gasteiger partial charge in [0, 0.05) is 11.6 Å². The van der Waals surface area contributed by atoms with Crippen molar-refractivity contribution in [3.05, 3.63) is 11.3 Å². The predicted molar refractivity (Wildman–Crippen MR) is 67.1 cm³/mol. The van der Waals surface area contributed by atoms with Crippen molar-refractivity contribution >= 4 is 15.0 Å². The lowest BCUT2D eigenvalue weighted by molar-refractivity contribution is 0.186. The Morgan fingerprint density at radius 3 is 2.12 bits per heavy atom. The molecule has 0 aromatic carbocycles. The van der Waals surface area contributed by atoms with Crippen molar-refractivity contribution < 1.29 is 13.2 Å². The fourth-order valence-electron chi connectivity index (χ4n) is 1.65. The van der Waals surface area contributed by atoms with Gasteiger partial charge in [0.2, 0.25) is 0 Å². The first-order valence-electron chi connectivity index (χ1n) is 5.60. The van der Waals surface area contributed by atoms with Crippen LogP contribution in [0.2, 0.25) is 0 Å². The second kappa shape index (κ2) is 5.85. The van der Waals surface area contributed by atoms with Crippen molar-refractivity contribution in [2.24, 2.45) is 16.6 Å². The van der Waals surface area contributed by atoms with Crippen LogP contribution in [0.3, 0.4) is 0 Å². The summed E-state index contributed by atoms with van der Waals surface area (Å²) >= 11 is 0. The first kappa shape index (κ1) is 14.5. The quantitative estimate of drug-likeness (QED) is 0.603. The molecule has 1 rings (SSSR count). The number of rotatable bonds is 5. The van der Waals surface area contributed by atoms with Gasteiger partial charge in [-0.15, -0.1) is 0 Å². The second-order valence-electron chi connectivity index (χ2n) is 4.45. The minimum Gasteiger partial charge on any atom is -0.397 e. The molecule has 0 saturated heterocycles. The third-order valence-corrected chi connectivity index (χ3v) is 2.78. The summed E-state index contributed by atoms with van der Waals surface area (Å²) in [6.07, 6.45) is -1.21. The van der Waals surface area contributed by atoms with Crippen LogP contribution in [0.25, 0.3) is 0 Å². The zero-order chi connectivity index (χ0) is 13.2. The number of allylic oxidation sites excluding steroid dienone is 2. The molecule has 0 amide bonds. The van der Waals surface area contributed by atoms with E-state index in [4.69, 9.17) is 5.73 Å². The monoisotopic (exact) mass is 266 g/mol. The van der Waals surface area contributed by atoms with Crippen LogP contribution in [0.4, 0.5) is 13.2 Å². The highest BCUT2D eigenvalue weighted by Gasteiger charge is 2.35. The van der Waals surface area contributed by atoms with Gasteiger partial charge in [-0.1, -0.05) is 9.24 Å². The van der Waals surface area contributed by atoms with Crippen LogP contribution in [-0.4, -0.2) is 24.1 Å². The number of nitrogens with zero attached hydrogens (tertiary/aromatic N) is 1. The molecule has 17 heavy (non-hydrogen) atoms. The lowest BCUT2D eigenvalue weighted by atomic mass is 10.0. The Kier molecular flexibility index (Phi) is 4.99. The summed E-state index contributed by atoms with van der Waals surface area (Å²) < 4.78 is 38.8. The van der Waals surface area contributed by atoms with Crippen LogP contribution in [0.5, 0.6) is 0 Å². The summed E-state index contributed by atoms with van der Waals surface area (Å²) in [5, 5.41) is 0. The van der Waals surface area contributed by atoms with E-state index in [1.165, 1.54) is 0 Å². The molecule has 2 nitrogen and oxygen atoms in total. The normalized spacial score (nSPS) is 20.8. The van der Waals surface area contributed by atoms with Crippen molar-refractivity contribution in [1.29, 1.82) is 0 Å². The first-order chi connectivity index (χ1) is 7.84. The van der Waals surface area contributed by atoms with E-state index in [0.717, 1.165) is 12.8 Å². The molecule has 0 aromatic heterocycles. The highest BCUT2D eigenvalue weighted by Crippen LogP contribution is 2.40. The summed E-state index contributed by atoms with van der Waals surface area (Å²) in [4.78, 5) is 4.09. The molecule has 0 aliphatic heterocycles. The molecule has 0 aromatic rings. The zero-order valence-electron chi connectivity index (χ0n) is 9.96. The molecule has 1 aliphatic rings. The smallest absolute Gasteiger partial charge is 0.278 e. The third kappa shape index (κ3) is 3.98. The number of hydrogen-bond donors (Lipinski definition) is 1. The number of aliphatic imine (C=N–C) groups is 1. The molecule has 6 heteroatoms. The number of halogens is 3. The molecule has 2 N–H and O–H groups in total. The molecule has 0 radical (unpaired) electrons. The van der Waals surface area contributed by atoms with Gasteiger partial charge in [0.25, 0.3) is 6.43 Å². The molecular formula is C11H18F3N2P. The van der Waals surface area contributed by atoms with Crippen molar-refractivity contribution in [2.45, 2.75) is 45.1 Å². The Morgan fingerprint density at radius 1 is 1.29 bits per heavy atom. The maximum Gasteiger partial charge on any atom is 0.278 e. The summed E-state index contributed by atoms with van der Waals surface area (Å²) in [5.74, 6) is -1.51. The molecular weight excluding hydrogens is 248 g/mol. The Bertz CT molecular complexity index is 334. The van der Waals surface area contributed by atoms with E-state index in [0.29, 0.717) is 0 Å². The van der Waals surface area contributed by atoms with Crippen LogP contribution in [-0.2, 0) is 0 Å². The topological polar surface area (TPSA) is 38.4 Å². The highest BCUT2D eigenvalue weighted by atomic mass is 31.0. The van der Waals surface area contributed by atoms with Crippen molar-refractivity contribution in [2.75, 3.05) is 0 Å². The van der Waals surface area contributed by atoms with Gasteiger partial charge in [-0.05, 0) is 32.6 Å². The molecule has 2 unspecified atom stereocenters. The average Bonchev–Trinajstić information content (AvgIpc) is 2.99. The fraction of sp³-hybridized carbons (Fsp3) is 0.727. The number of hydrogen-bond acceptors (Lipinski definition) is 2. The summed E-state index contributed by atoms with van der Waals surface area (Å²) in [7, 11) is 1.95. The Morgan fingerprint density at radius 2 is 1.82 bits per heavy atom. The van der Waals surface area contributed by atoms with Crippen LogP contribution < -0.4 is 5.73 Å². The average molecular weight is 266 g/mol. The molecule has 1 saturated carbocycles. The van der Waals surface area contributed by atoms with Crippen LogP contribution >= 0.6 is 9.24 Å². The molecule has 98 valence electrons. The molecule has 1 aliphatic carbocycles. The van der Waals surface area contributed by atoms with Crippen LogP contribution in [0.1, 0.15) is 26.7 Å². The third-order valence-electron chi connectivity index (χ3n) is 2.47. The lowest BCUT2D eigenvalue weighted by Crippen LogP contribution is -2.23. The number of alkyl halides is 3. The summed E-state index contributed by atoms with van der Waals surface area (Å²) in [6.45, 7) is 3.55. The van der Waals surface area contributed by atoms with Gasteiger partial charge in [-0.3, -0.25) is 4.99 Å². The highest BCUT2D eigenvalue weighted by molar-refractivity contribution is 7.19. The summed E-state index contributed by atoms with van der Waals surface area (Å²) in [5.41, 5.74) is 5.14. The molecule has 0 heterocycles. The Balaban J connectivity index is 3.16. The zero-order valence-corrected chi connectivity index (χ0v) is 11.1. The van der Waals surface area contributed by atoms with Crippen LogP contribution in [0.15, 0.2) is 16.3 Å². The van der Waals surface area contributed by atoms with Crippen molar-refractivity contribution in [1.82, 2.24) is 0 Å². The largest absolute Gasteiger partial charge is 0.397 e. The fourth-order valence-corrected chi connectivity index (χ4v) is 1.92. The van der Waals surface area contributed by atoms with Crippen molar-refractivity contribution in [3.8, 4) is 0 Å². The maximum absolute atomic E-state index is 13.5.